The first kappa shape index (κ1) is 20.5. The van der Waals surface area contributed by atoms with E-state index in [4.69, 9.17) is 14.7 Å². The second-order valence-corrected chi connectivity index (χ2v) is 7.95. The molecule has 0 spiro atoms. The number of aromatic nitrogens is 2. The van der Waals surface area contributed by atoms with Crippen LogP contribution in [0.15, 0.2) is 43.0 Å². The normalized spacial score (nSPS) is 17.4. The molecule has 6 heteroatoms. The Bertz CT molecular complexity index is 892. The lowest BCUT2D eigenvalue weighted by Gasteiger charge is -2.36. The van der Waals surface area contributed by atoms with Crippen molar-refractivity contribution in [2.24, 2.45) is 5.92 Å². The van der Waals surface area contributed by atoms with E-state index in [9.17, 15) is 4.79 Å². The monoisotopic (exact) mass is 406 g/mol. The Labute approximate surface area is 178 Å². The summed E-state index contributed by atoms with van der Waals surface area (Å²) in [6, 6.07) is 10.2. The number of fused-ring (bicyclic) bond motifs is 1. The molecule has 4 rings (SSSR count). The Kier molecular flexibility index (Phi) is 6.43. The van der Waals surface area contributed by atoms with Crippen LogP contribution in [-0.2, 0) is 22.5 Å². The summed E-state index contributed by atoms with van der Waals surface area (Å²) < 4.78 is 5.23. The van der Waals surface area contributed by atoms with Gasteiger partial charge in [-0.25, -0.2) is 9.97 Å². The molecule has 0 unspecified atom stereocenters. The van der Waals surface area contributed by atoms with Gasteiger partial charge in [0.25, 0.3) is 0 Å². The molecule has 30 heavy (non-hydrogen) atoms. The smallest absolute Gasteiger partial charge is 0.309 e. The molecule has 1 saturated heterocycles. The third kappa shape index (κ3) is 4.38. The molecule has 3 heterocycles. The van der Waals surface area contributed by atoms with Gasteiger partial charge in [-0.15, -0.1) is 6.58 Å². The fraction of sp³-hybridized carbons (Fsp3) is 0.458. The summed E-state index contributed by atoms with van der Waals surface area (Å²) in [4.78, 5) is 26.8. The van der Waals surface area contributed by atoms with Crippen LogP contribution in [0, 0.1) is 5.92 Å². The summed E-state index contributed by atoms with van der Waals surface area (Å²) in [7, 11) is 0. The molecule has 1 aromatic heterocycles. The quantitative estimate of drug-likeness (QED) is 0.541. The fourth-order valence-electron chi connectivity index (χ4n) is 4.36. The number of carbonyl (C=O) groups excluding carboxylic acids is 1. The van der Waals surface area contributed by atoms with Gasteiger partial charge in [-0.3, -0.25) is 9.69 Å². The van der Waals surface area contributed by atoms with Crippen LogP contribution in [0.5, 0.6) is 0 Å². The van der Waals surface area contributed by atoms with E-state index in [-0.39, 0.29) is 11.9 Å². The third-order valence-corrected chi connectivity index (χ3v) is 5.95. The van der Waals surface area contributed by atoms with Crippen molar-refractivity contribution in [2.45, 2.75) is 32.7 Å². The van der Waals surface area contributed by atoms with Crippen LogP contribution < -0.4 is 4.90 Å². The summed E-state index contributed by atoms with van der Waals surface area (Å²) in [5, 5.41) is 0. The number of nitrogens with zero attached hydrogens (tertiary/aromatic N) is 4. The Morgan fingerprint density at radius 2 is 1.97 bits per heavy atom. The molecule has 0 N–H and O–H groups in total. The van der Waals surface area contributed by atoms with E-state index in [1.165, 1.54) is 5.56 Å². The molecule has 6 nitrogen and oxygen atoms in total. The lowest BCUT2D eigenvalue weighted by atomic mass is 9.96. The average molecular weight is 407 g/mol. The minimum Gasteiger partial charge on any atom is -0.466 e. The summed E-state index contributed by atoms with van der Waals surface area (Å²) in [6.45, 7) is 10.5. The zero-order chi connectivity index (χ0) is 20.9. The van der Waals surface area contributed by atoms with E-state index in [2.05, 4.69) is 28.5 Å². The van der Waals surface area contributed by atoms with Gasteiger partial charge in [0.05, 0.1) is 18.2 Å². The Morgan fingerprint density at radius 3 is 2.67 bits per heavy atom. The highest BCUT2D eigenvalue weighted by Gasteiger charge is 2.30. The van der Waals surface area contributed by atoms with Crippen molar-refractivity contribution in [3.63, 3.8) is 0 Å². The van der Waals surface area contributed by atoms with E-state index in [1.807, 2.05) is 31.2 Å². The summed E-state index contributed by atoms with van der Waals surface area (Å²) in [6.07, 6.45) is 4.47. The van der Waals surface area contributed by atoms with Gasteiger partial charge >= 0.3 is 5.97 Å². The van der Waals surface area contributed by atoms with Crippen molar-refractivity contribution >= 4 is 11.8 Å². The number of rotatable bonds is 6. The molecule has 0 bridgehead atoms. The Balaban J connectivity index is 1.64. The third-order valence-electron chi connectivity index (χ3n) is 5.95. The first-order chi connectivity index (χ1) is 14.7. The van der Waals surface area contributed by atoms with Crippen LogP contribution in [-0.4, -0.2) is 53.6 Å². The maximum Gasteiger partial charge on any atom is 0.309 e. The number of piperidine rings is 1. The highest BCUT2D eigenvalue weighted by molar-refractivity contribution is 5.73. The standard InChI is InChI=1S/C24H30N4O2/c1-3-13-27-14-12-21-20(17-27)23(26-22(25-21)18-8-6-5-7-9-18)28-15-10-19(11-16-28)24(29)30-4-2/h3,5-9,19H,1,4,10-17H2,2H3. The maximum absolute atomic E-state index is 12.1. The molecule has 0 atom stereocenters. The zero-order valence-corrected chi connectivity index (χ0v) is 17.7. The van der Waals surface area contributed by atoms with Crippen molar-refractivity contribution in [1.29, 1.82) is 0 Å². The van der Waals surface area contributed by atoms with Gasteiger partial charge in [0.2, 0.25) is 0 Å². The van der Waals surface area contributed by atoms with E-state index in [1.54, 1.807) is 0 Å². The molecule has 0 aliphatic carbocycles. The number of esters is 1. The highest BCUT2D eigenvalue weighted by Crippen LogP contribution is 2.32. The van der Waals surface area contributed by atoms with Gasteiger partial charge in [0, 0.05) is 50.3 Å². The number of benzene rings is 1. The topological polar surface area (TPSA) is 58.6 Å². The number of hydrogen-bond acceptors (Lipinski definition) is 6. The number of hydrogen-bond donors (Lipinski definition) is 0. The molecular formula is C24H30N4O2. The molecule has 158 valence electrons. The van der Waals surface area contributed by atoms with E-state index >= 15 is 0 Å². The Hall–Kier alpha value is -2.73. The van der Waals surface area contributed by atoms with Crippen LogP contribution in [0.2, 0.25) is 0 Å². The predicted molar refractivity (Wildman–Crippen MR) is 118 cm³/mol. The van der Waals surface area contributed by atoms with E-state index in [0.717, 1.165) is 74.9 Å². The minimum absolute atomic E-state index is 0.00952. The molecular weight excluding hydrogens is 376 g/mol. The first-order valence-electron chi connectivity index (χ1n) is 10.9. The molecule has 1 fully saturated rings. The van der Waals surface area contributed by atoms with Crippen molar-refractivity contribution in [2.75, 3.05) is 37.7 Å². The largest absolute Gasteiger partial charge is 0.466 e. The van der Waals surface area contributed by atoms with Crippen LogP contribution >= 0.6 is 0 Å². The number of carbonyl (C=O) groups is 1. The van der Waals surface area contributed by atoms with Crippen molar-refractivity contribution in [3.05, 3.63) is 54.2 Å². The second-order valence-electron chi connectivity index (χ2n) is 7.95. The van der Waals surface area contributed by atoms with Gasteiger partial charge in [-0.05, 0) is 19.8 Å². The van der Waals surface area contributed by atoms with Crippen LogP contribution in [0.4, 0.5) is 5.82 Å². The second kappa shape index (κ2) is 9.39. The zero-order valence-electron chi connectivity index (χ0n) is 17.7. The fourth-order valence-corrected chi connectivity index (χ4v) is 4.36. The highest BCUT2D eigenvalue weighted by atomic mass is 16.5. The lowest BCUT2D eigenvalue weighted by Crippen LogP contribution is -2.40. The van der Waals surface area contributed by atoms with Crippen LogP contribution in [0.1, 0.15) is 31.0 Å². The predicted octanol–water partition coefficient (Wildman–Crippen LogP) is 3.47. The molecule has 2 aliphatic rings. The molecule has 2 aromatic rings. The molecule has 0 radical (unpaired) electrons. The van der Waals surface area contributed by atoms with Gasteiger partial charge in [-0.2, -0.15) is 0 Å². The van der Waals surface area contributed by atoms with E-state index < -0.39 is 0 Å². The maximum atomic E-state index is 12.1. The molecule has 0 saturated carbocycles. The SMILES string of the molecule is C=CCN1CCc2nc(-c3ccccc3)nc(N3CCC(C(=O)OCC)CC3)c2C1. The lowest BCUT2D eigenvalue weighted by molar-refractivity contribution is -0.148. The van der Waals surface area contributed by atoms with Crippen LogP contribution in [0.3, 0.4) is 0 Å². The minimum atomic E-state index is -0.0657. The Morgan fingerprint density at radius 1 is 1.20 bits per heavy atom. The number of ether oxygens (including phenoxy) is 1. The van der Waals surface area contributed by atoms with Gasteiger partial charge in [0.1, 0.15) is 5.82 Å². The first-order valence-corrected chi connectivity index (χ1v) is 10.9. The molecule has 0 amide bonds. The molecule has 1 aromatic carbocycles. The molecule has 2 aliphatic heterocycles. The van der Waals surface area contributed by atoms with Gasteiger partial charge in [-0.1, -0.05) is 36.4 Å². The summed E-state index contributed by atoms with van der Waals surface area (Å²) >= 11 is 0. The number of anilines is 1. The average Bonchev–Trinajstić information content (AvgIpc) is 2.79. The summed E-state index contributed by atoms with van der Waals surface area (Å²) in [5.41, 5.74) is 3.40. The van der Waals surface area contributed by atoms with Gasteiger partial charge < -0.3 is 9.64 Å². The van der Waals surface area contributed by atoms with Crippen molar-refractivity contribution < 1.29 is 9.53 Å². The van der Waals surface area contributed by atoms with E-state index in [0.29, 0.717) is 6.61 Å². The van der Waals surface area contributed by atoms with Crippen molar-refractivity contribution in [1.82, 2.24) is 14.9 Å². The van der Waals surface area contributed by atoms with Crippen LogP contribution in [0.25, 0.3) is 11.4 Å². The summed E-state index contributed by atoms with van der Waals surface area (Å²) in [5.74, 6) is 1.73. The van der Waals surface area contributed by atoms with Crippen molar-refractivity contribution in [3.8, 4) is 11.4 Å². The van der Waals surface area contributed by atoms with Gasteiger partial charge in [0.15, 0.2) is 5.82 Å².